The maximum atomic E-state index is 12.9. The number of carbonyl (C=O) groups excluding carboxylic acids is 2. The molecule has 1 aromatic rings. The van der Waals surface area contributed by atoms with Gasteiger partial charge in [0.25, 0.3) is 11.5 Å². The first-order chi connectivity index (χ1) is 12.0. The number of aromatic nitrogens is 1. The van der Waals surface area contributed by atoms with Crippen molar-refractivity contribution in [2.75, 3.05) is 33.4 Å². The maximum Gasteiger partial charge on any atom is 0.254 e. The van der Waals surface area contributed by atoms with Crippen LogP contribution < -0.4 is 5.56 Å². The quantitative estimate of drug-likeness (QED) is 0.781. The van der Waals surface area contributed by atoms with E-state index in [0.29, 0.717) is 38.3 Å². The van der Waals surface area contributed by atoms with Gasteiger partial charge >= 0.3 is 0 Å². The van der Waals surface area contributed by atoms with Crippen LogP contribution in [0.4, 0.5) is 0 Å². The fourth-order valence-electron chi connectivity index (χ4n) is 3.77. The van der Waals surface area contributed by atoms with Crippen molar-refractivity contribution in [1.29, 1.82) is 0 Å². The highest BCUT2D eigenvalue weighted by Crippen LogP contribution is 2.29. The van der Waals surface area contributed by atoms with Gasteiger partial charge in [0.1, 0.15) is 0 Å². The Hall–Kier alpha value is -2.15. The highest BCUT2D eigenvalue weighted by molar-refractivity contribution is 5.95. The second-order valence-corrected chi connectivity index (χ2v) is 6.70. The summed E-state index contributed by atoms with van der Waals surface area (Å²) in [6.45, 7) is 4.46. The van der Waals surface area contributed by atoms with E-state index in [2.05, 4.69) is 0 Å². The van der Waals surface area contributed by atoms with Gasteiger partial charge in [0, 0.05) is 57.2 Å². The third kappa shape index (κ3) is 3.46. The molecular formula is C18H25N3O4. The van der Waals surface area contributed by atoms with Crippen LogP contribution in [0.15, 0.2) is 23.1 Å². The van der Waals surface area contributed by atoms with Crippen LogP contribution in [0, 0.1) is 5.92 Å². The Bertz CT molecular complexity index is 715. The van der Waals surface area contributed by atoms with Crippen LogP contribution in [0.5, 0.6) is 0 Å². The third-order valence-corrected chi connectivity index (χ3v) is 5.20. The molecule has 0 N–H and O–H groups in total. The van der Waals surface area contributed by atoms with Gasteiger partial charge in [-0.3, -0.25) is 14.4 Å². The largest absolute Gasteiger partial charge is 0.383 e. The van der Waals surface area contributed by atoms with Gasteiger partial charge in [-0.05, 0) is 25.8 Å². The standard InChI is InChI=1S/C18H25N3O4/c1-3-19-7-6-13(10-16(19)22)17(23)20-11-14-4-5-15(12-20)21(18(14)24)8-9-25-2/h6-7,10,14-15H,3-5,8-9,11-12H2,1-2H3/t14-,15+/m0/s1. The zero-order chi connectivity index (χ0) is 18.0. The first-order valence-corrected chi connectivity index (χ1v) is 8.84. The molecule has 2 atom stereocenters. The Morgan fingerprint density at radius 3 is 2.76 bits per heavy atom. The number of piperidine rings is 1. The van der Waals surface area contributed by atoms with E-state index in [1.807, 2.05) is 11.8 Å². The van der Waals surface area contributed by atoms with Gasteiger partial charge in [-0.15, -0.1) is 0 Å². The van der Waals surface area contributed by atoms with Gasteiger partial charge in [-0.25, -0.2) is 0 Å². The predicted molar refractivity (Wildman–Crippen MR) is 92.4 cm³/mol. The summed E-state index contributed by atoms with van der Waals surface area (Å²) in [5.41, 5.74) is 0.218. The highest BCUT2D eigenvalue weighted by atomic mass is 16.5. The monoisotopic (exact) mass is 347 g/mol. The van der Waals surface area contributed by atoms with E-state index in [-0.39, 0.29) is 29.3 Å². The number of pyridine rings is 1. The number of ether oxygens (including phenoxy) is 1. The minimum Gasteiger partial charge on any atom is -0.383 e. The highest BCUT2D eigenvalue weighted by Gasteiger charge is 2.41. The van der Waals surface area contributed by atoms with Crippen LogP contribution in [0.2, 0.25) is 0 Å². The molecular weight excluding hydrogens is 322 g/mol. The average Bonchev–Trinajstić information content (AvgIpc) is 2.90. The summed E-state index contributed by atoms with van der Waals surface area (Å²) < 4.78 is 6.66. The first kappa shape index (κ1) is 17.7. The van der Waals surface area contributed by atoms with Gasteiger partial charge in [-0.1, -0.05) is 0 Å². The van der Waals surface area contributed by atoms with Crippen LogP contribution in [0.25, 0.3) is 0 Å². The van der Waals surface area contributed by atoms with Crippen molar-refractivity contribution in [3.8, 4) is 0 Å². The van der Waals surface area contributed by atoms with Crippen molar-refractivity contribution in [3.05, 3.63) is 34.2 Å². The Balaban J connectivity index is 1.80. The minimum atomic E-state index is -0.177. The van der Waals surface area contributed by atoms with E-state index in [0.717, 1.165) is 12.8 Å². The van der Waals surface area contributed by atoms with Crippen molar-refractivity contribution in [2.45, 2.75) is 32.4 Å². The molecule has 7 heteroatoms. The molecule has 0 spiro atoms. The first-order valence-electron chi connectivity index (χ1n) is 8.84. The van der Waals surface area contributed by atoms with E-state index in [1.165, 1.54) is 6.07 Å². The molecule has 0 aliphatic carbocycles. The summed E-state index contributed by atoms with van der Waals surface area (Å²) in [6.07, 6.45) is 3.37. The average molecular weight is 347 g/mol. The number of fused-ring (bicyclic) bond motifs is 4. The summed E-state index contributed by atoms with van der Waals surface area (Å²) in [4.78, 5) is 41.1. The van der Waals surface area contributed by atoms with Gasteiger partial charge < -0.3 is 19.1 Å². The predicted octanol–water partition coefficient (Wildman–Crippen LogP) is 0.578. The molecule has 1 aromatic heterocycles. The molecule has 4 heterocycles. The van der Waals surface area contributed by atoms with Crippen LogP contribution in [0.1, 0.15) is 30.1 Å². The fraction of sp³-hybridized carbons (Fsp3) is 0.611. The second-order valence-electron chi connectivity index (χ2n) is 6.70. The fourth-order valence-corrected chi connectivity index (χ4v) is 3.77. The van der Waals surface area contributed by atoms with Crippen LogP contribution >= 0.6 is 0 Å². The summed E-state index contributed by atoms with van der Waals surface area (Å²) in [5, 5.41) is 0. The van der Waals surface area contributed by atoms with E-state index in [1.54, 1.807) is 28.8 Å². The van der Waals surface area contributed by atoms with Crippen molar-refractivity contribution in [2.24, 2.45) is 5.92 Å². The van der Waals surface area contributed by atoms with Crippen molar-refractivity contribution < 1.29 is 14.3 Å². The molecule has 7 nitrogen and oxygen atoms in total. The van der Waals surface area contributed by atoms with E-state index >= 15 is 0 Å². The Labute approximate surface area is 147 Å². The molecule has 0 saturated carbocycles. The molecule has 3 saturated heterocycles. The van der Waals surface area contributed by atoms with Crippen molar-refractivity contribution >= 4 is 11.8 Å². The molecule has 3 aliphatic rings. The Morgan fingerprint density at radius 2 is 2.08 bits per heavy atom. The van der Waals surface area contributed by atoms with Gasteiger partial charge in [-0.2, -0.15) is 0 Å². The zero-order valence-corrected chi connectivity index (χ0v) is 14.8. The topological polar surface area (TPSA) is 71.9 Å². The van der Waals surface area contributed by atoms with Crippen LogP contribution in [-0.2, 0) is 16.1 Å². The van der Waals surface area contributed by atoms with Crippen molar-refractivity contribution in [3.63, 3.8) is 0 Å². The molecule has 0 aromatic carbocycles. The van der Waals surface area contributed by atoms with E-state index in [4.69, 9.17) is 4.74 Å². The number of carbonyl (C=O) groups is 2. The van der Waals surface area contributed by atoms with E-state index < -0.39 is 0 Å². The minimum absolute atomic E-state index is 0.0290. The summed E-state index contributed by atoms with van der Waals surface area (Å²) in [7, 11) is 1.62. The lowest BCUT2D eigenvalue weighted by molar-refractivity contribution is -0.140. The Morgan fingerprint density at radius 1 is 1.28 bits per heavy atom. The molecule has 4 rings (SSSR count). The lowest BCUT2D eigenvalue weighted by Crippen LogP contribution is -2.49. The maximum absolute atomic E-state index is 12.9. The molecule has 2 amide bonds. The SMILES string of the molecule is CCn1ccc(C(=O)N2C[C@@H]3CC[C@H](C2)N(CCOC)C3=O)cc1=O. The smallest absolute Gasteiger partial charge is 0.254 e. The van der Waals surface area contributed by atoms with Crippen LogP contribution in [0.3, 0.4) is 0 Å². The normalized spacial score (nSPS) is 23.0. The second kappa shape index (κ2) is 7.39. The van der Waals surface area contributed by atoms with Gasteiger partial charge in [0.15, 0.2) is 0 Å². The molecule has 2 bridgehead atoms. The summed E-state index contributed by atoms with van der Waals surface area (Å²) in [6, 6.07) is 3.11. The molecule has 3 fully saturated rings. The molecule has 25 heavy (non-hydrogen) atoms. The lowest BCUT2D eigenvalue weighted by Gasteiger charge is -2.35. The van der Waals surface area contributed by atoms with Gasteiger partial charge in [0.05, 0.1) is 12.5 Å². The van der Waals surface area contributed by atoms with Crippen molar-refractivity contribution in [1.82, 2.24) is 14.4 Å². The summed E-state index contributed by atoms with van der Waals surface area (Å²) >= 11 is 0. The molecule has 136 valence electrons. The number of methoxy groups -OCH3 is 1. The number of aryl methyl sites for hydroxylation is 1. The number of rotatable bonds is 5. The third-order valence-electron chi connectivity index (χ3n) is 5.20. The number of hydrogen-bond donors (Lipinski definition) is 0. The number of hydrogen-bond acceptors (Lipinski definition) is 4. The summed E-state index contributed by atoms with van der Waals surface area (Å²) in [5.74, 6) is -0.209. The molecule has 0 unspecified atom stereocenters. The zero-order valence-electron chi connectivity index (χ0n) is 14.8. The van der Waals surface area contributed by atoms with Gasteiger partial charge in [0.2, 0.25) is 5.91 Å². The van der Waals surface area contributed by atoms with E-state index in [9.17, 15) is 14.4 Å². The molecule has 0 radical (unpaired) electrons. The Kier molecular flexibility index (Phi) is 5.22. The molecule has 3 aliphatic heterocycles. The number of amides is 2. The number of nitrogens with zero attached hydrogens (tertiary/aromatic N) is 3. The lowest BCUT2D eigenvalue weighted by atomic mass is 9.94. The van der Waals surface area contributed by atoms with Crippen LogP contribution in [-0.4, -0.2) is 65.6 Å².